The topological polar surface area (TPSA) is 84.0 Å². The number of nitrogens with one attached hydrogen (secondary N) is 2. The Morgan fingerprint density at radius 1 is 1.17 bits per heavy atom. The maximum atomic E-state index is 12.3. The van der Waals surface area contributed by atoms with E-state index in [2.05, 4.69) is 27.2 Å². The summed E-state index contributed by atoms with van der Waals surface area (Å²) in [6.45, 7) is 5.39. The summed E-state index contributed by atoms with van der Waals surface area (Å²) in [4.78, 5) is 32.8. The van der Waals surface area contributed by atoms with Gasteiger partial charge >= 0.3 is 0 Å². The maximum Gasteiger partial charge on any atom is 0.247 e. The normalized spacial score (nSPS) is 13.4. The monoisotopic (exact) mass is 396 g/mol. The fourth-order valence-corrected chi connectivity index (χ4v) is 3.38. The van der Waals surface area contributed by atoms with Gasteiger partial charge in [0.2, 0.25) is 11.9 Å². The van der Waals surface area contributed by atoms with E-state index in [4.69, 9.17) is 0 Å². The van der Waals surface area contributed by atoms with Crippen LogP contribution in [-0.2, 0) is 9.59 Å². The third-order valence-corrected chi connectivity index (χ3v) is 4.78. The molecular formula is C24H20N4O2. The number of hydrogen-bond acceptors (Lipinski definition) is 5. The van der Waals surface area contributed by atoms with Crippen LogP contribution in [-0.4, -0.2) is 21.7 Å². The number of rotatable bonds is 5. The van der Waals surface area contributed by atoms with E-state index >= 15 is 0 Å². The predicted molar refractivity (Wildman–Crippen MR) is 119 cm³/mol. The molecule has 1 aromatic heterocycles. The highest BCUT2D eigenvalue weighted by Crippen LogP contribution is 2.28. The summed E-state index contributed by atoms with van der Waals surface area (Å²) in [6, 6.07) is 13.0. The number of anilines is 3. The summed E-state index contributed by atoms with van der Waals surface area (Å²) in [5.41, 5.74) is 4.75. The van der Waals surface area contributed by atoms with Gasteiger partial charge in [-0.15, -0.1) is 0 Å². The summed E-state index contributed by atoms with van der Waals surface area (Å²) >= 11 is 0. The van der Waals surface area contributed by atoms with E-state index in [0.29, 0.717) is 18.1 Å². The van der Waals surface area contributed by atoms with Crippen LogP contribution in [0.5, 0.6) is 0 Å². The third kappa shape index (κ3) is 4.03. The highest BCUT2D eigenvalue weighted by atomic mass is 16.1. The fourth-order valence-electron chi connectivity index (χ4n) is 3.38. The SMILES string of the molecule is C=CC(=O)Nc1cccc(Nc2ncc3cc(C4=C(C)C=CCC4=O)ccc3n2)c1. The van der Waals surface area contributed by atoms with Crippen LogP contribution in [0, 0.1) is 0 Å². The molecule has 6 heteroatoms. The molecule has 6 nitrogen and oxygen atoms in total. The molecule has 0 saturated heterocycles. The number of Topliss-reactive ketones (excluding diaryl/α,β-unsaturated/α-hetero) is 1. The number of fused-ring (bicyclic) bond motifs is 1. The van der Waals surface area contributed by atoms with Gasteiger partial charge in [-0.25, -0.2) is 9.97 Å². The molecule has 0 unspecified atom stereocenters. The van der Waals surface area contributed by atoms with Gasteiger partial charge in [-0.1, -0.05) is 30.9 Å². The van der Waals surface area contributed by atoms with Crippen LogP contribution in [0.15, 0.2) is 79.0 Å². The van der Waals surface area contributed by atoms with E-state index in [1.165, 1.54) is 6.08 Å². The first-order chi connectivity index (χ1) is 14.5. The molecule has 0 atom stereocenters. The zero-order chi connectivity index (χ0) is 21.1. The second kappa shape index (κ2) is 8.13. The van der Waals surface area contributed by atoms with E-state index in [1.54, 1.807) is 18.3 Å². The molecular weight excluding hydrogens is 376 g/mol. The van der Waals surface area contributed by atoms with Crippen molar-refractivity contribution < 1.29 is 9.59 Å². The minimum absolute atomic E-state index is 0.122. The van der Waals surface area contributed by atoms with Crippen molar-refractivity contribution in [3.63, 3.8) is 0 Å². The van der Waals surface area contributed by atoms with Crippen molar-refractivity contribution in [2.45, 2.75) is 13.3 Å². The number of carbonyl (C=O) groups excluding carboxylic acids is 2. The van der Waals surface area contributed by atoms with Gasteiger partial charge in [0.1, 0.15) is 0 Å². The standard InChI is InChI=1S/C24H20N4O2/c1-3-22(30)26-18-7-5-8-19(13-18)27-24-25-14-17-12-16(10-11-20(17)28-24)23-15(2)6-4-9-21(23)29/h3-8,10-14H,1,9H2,2H3,(H,26,30)(H,25,27,28). The molecule has 0 radical (unpaired) electrons. The van der Waals surface area contributed by atoms with Gasteiger partial charge in [0.05, 0.1) is 5.52 Å². The number of hydrogen-bond donors (Lipinski definition) is 2. The second-order valence-electron chi connectivity index (χ2n) is 6.95. The zero-order valence-electron chi connectivity index (χ0n) is 16.5. The number of aromatic nitrogens is 2. The molecule has 1 aliphatic rings. The molecule has 0 spiro atoms. The van der Waals surface area contributed by atoms with Gasteiger partial charge in [0, 0.05) is 35.0 Å². The minimum Gasteiger partial charge on any atom is -0.324 e. The molecule has 4 rings (SSSR count). The van der Waals surface area contributed by atoms with Crippen molar-refractivity contribution in [1.82, 2.24) is 9.97 Å². The van der Waals surface area contributed by atoms with Gasteiger partial charge < -0.3 is 10.6 Å². The van der Waals surface area contributed by atoms with Crippen LogP contribution >= 0.6 is 0 Å². The molecule has 0 saturated carbocycles. The first-order valence-electron chi connectivity index (χ1n) is 9.52. The van der Waals surface area contributed by atoms with Crippen molar-refractivity contribution in [2.24, 2.45) is 0 Å². The van der Waals surface area contributed by atoms with Gasteiger partial charge in [-0.05, 0) is 54.5 Å². The number of allylic oxidation sites excluding steroid dienone is 4. The molecule has 1 heterocycles. The van der Waals surface area contributed by atoms with E-state index < -0.39 is 0 Å². The summed E-state index contributed by atoms with van der Waals surface area (Å²) in [5, 5.41) is 6.72. The Bertz CT molecular complexity index is 1240. The lowest BCUT2D eigenvalue weighted by Crippen LogP contribution is -2.07. The van der Waals surface area contributed by atoms with Crippen molar-refractivity contribution >= 4 is 45.5 Å². The molecule has 2 aromatic carbocycles. The Labute approximate surface area is 174 Å². The molecule has 1 amide bonds. The Hall–Kier alpha value is -4.06. The summed E-state index contributed by atoms with van der Waals surface area (Å²) in [6.07, 6.45) is 7.25. The highest BCUT2D eigenvalue weighted by Gasteiger charge is 2.17. The summed E-state index contributed by atoms with van der Waals surface area (Å²) in [7, 11) is 0. The number of ketones is 1. The number of carbonyl (C=O) groups is 2. The maximum absolute atomic E-state index is 12.3. The van der Waals surface area contributed by atoms with Gasteiger partial charge in [-0.3, -0.25) is 9.59 Å². The Balaban J connectivity index is 1.60. The van der Waals surface area contributed by atoms with Crippen LogP contribution in [0.4, 0.5) is 17.3 Å². The van der Waals surface area contributed by atoms with Crippen molar-refractivity contribution in [2.75, 3.05) is 10.6 Å². The molecule has 0 fully saturated rings. The fraction of sp³-hybridized carbons (Fsp3) is 0.0833. The van der Waals surface area contributed by atoms with E-state index in [1.807, 2.05) is 49.4 Å². The lowest BCUT2D eigenvalue weighted by molar-refractivity contribution is -0.113. The summed E-state index contributed by atoms with van der Waals surface area (Å²) < 4.78 is 0. The van der Waals surface area contributed by atoms with Crippen LogP contribution in [0.3, 0.4) is 0 Å². The van der Waals surface area contributed by atoms with Gasteiger partial charge in [0.15, 0.2) is 5.78 Å². The first-order valence-corrected chi connectivity index (χ1v) is 9.52. The number of benzene rings is 2. The molecule has 1 aliphatic carbocycles. The molecule has 0 aliphatic heterocycles. The highest BCUT2D eigenvalue weighted by molar-refractivity contribution is 6.23. The van der Waals surface area contributed by atoms with Crippen molar-refractivity contribution in [1.29, 1.82) is 0 Å². The quantitative estimate of drug-likeness (QED) is 0.605. The zero-order valence-corrected chi connectivity index (χ0v) is 16.5. The predicted octanol–water partition coefficient (Wildman–Crippen LogP) is 4.80. The third-order valence-electron chi connectivity index (χ3n) is 4.78. The van der Waals surface area contributed by atoms with Crippen molar-refractivity contribution in [3.05, 3.63) is 84.6 Å². The number of nitrogens with zero attached hydrogens (tertiary/aromatic N) is 2. The van der Waals surface area contributed by atoms with Crippen LogP contribution in [0.25, 0.3) is 16.5 Å². The second-order valence-corrected chi connectivity index (χ2v) is 6.95. The average Bonchev–Trinajstić information content (AvgIpc) is 2.74. The van der Waals surface area contributed by atoms with Crippen molar-refractivity contribution in [3.8, 4) is 0 Å². The van der Waals surface area contributed by atoms with E-state index in [9.17, 15) is 9.59 Å². The van der Waals surface area contributed by atoms with Gasteiger partial charge in [-0.2, -0.15) is 0 Å². The van der Waals surface area contributed by atoms with Crippen LogP contribution in [0.1, 0.15) is 18.9 Å². The van der Waals surface area contributed by atoms with Crippen LogP contribution < -0.4 is 10.6 Å². The number of amides is 1. The molecule has 2 N–H and O–H groups in total. The molecule has 30 heavy (non-hydrogen) atoms. The van der Waals surface area contributed by atoms with Crippen LogP contribution in [0.2, 0.25) is 0 Å². The largest absolute Gasteiger partial charge is 0.324 e. The minimum atomic E-state index is -0.276. The lowest BCUT2D eigenvalue weighted by Gasteiger charge is -2.13. The first kappa shape index (κ1) is 19.3. The summed E-state index contributed by atoms with van der Waals surface area (Å²) in [5.74, 6) is 0.286. The Morgan fingerprint density at radius 2 is 2.00 bits per heavy atom. The lowest BCUT2D eigenvalue weighted by atomic mass is 9.91. The smallest absolute Gasteiger partial charge is 0.247 e. The molecule has 148 valence electrons. The Morgan fingerprint density at radius 3 is 2.80 bits per heavy atom. The average molecular weight is 396 g/mol. The van der Waals surface area contributed by atoms with Gasteiger partial charge in [0.25, 0.3) is 0 Å². The molecule has 0 bridgehead atoms. The van der Waals surface area contributed by atoms with E-state index in [0.717, 1.165) is 33.3 Å². The Kier molecular flexibility index (Phi) is 5.22. The van der Waals surface area contributed by atoms with E-state index in [-0.39, 0.29) is 11.7 Å². The molecule has 3 aromatic rings.